The Balaban J connectivity index is 1.98. The van der Waals surface area contributed by atoms with Crippen molar-refractivity contribution in [3.05, 3.63) is 53.6 Å². The zero-order valence-corrected chi connectivity index (χ0v) is 9.03. The number of aromatic nitrogens is 2. The smallest absolute Gasteiger partial charge is 0.251 e. The maximum absolute atomic E-state index is 11.7. The third-order valence-electron chi connectivity index (χ3n) is 2.27. The quantitative estimate of drug-likeness (QED) is 0.817. The molecule has 0 bridgehead atoms. The van der Waals surface area contributed by atoms with Gasteiger partial charge in [0, 0.05) is 11.8 Å². The Morgan fingerprint density at radius 1 is 1.50 bits per heavy atom. The fourth-order valence-electron chi connectivity index (χ4n) is 1.45. The monoisotopic (exact) mass is 215 g/mol. The fraction of sp³-hybridized carbons (Fsp3) is 0.167. The van der Waals surface area contributed by atoms with Crippen LogP contribution in [0.1, 0.15) is 21.6 Å². The molecule has 1 amide bonds. The predicted molar refractivity (Wildman–Crippen MR) is 60.9 cm³/mol. The predicted octanol–water partition coefficient (Wildman–Crippen LogP) is 1.65. The number of benzene rings is 1. The van der Waals surface area contributed by atoms with Crippen molar-refractivity contribution in [1.82, 2.24) is 15.3 Å². The largest absolute Gasteiger partial charge is 0.347 e. The molecule has 0 saturated heterocycles. The van der Waals surface area contributed by atoms with Crippen LogP contribution in [-0.2, 0) is 6.54 Å². The average Bonchev–Trinajstić information content (AvgIpc) is 2.78. The minimum atomic E-state index is -0.0710. The number of hydrogen-bond donors (Lipinski definition) is 2. The second-order valence-corrected chi connectivity index (χ2v) is 3.63. The first-order chi connectivity index (χ1) is 7.75. The molecule has 2 rings (SSSR count). The van der Waals surface area contributed by atoms with Gasteiger partial charge >= 0.3 is 0 Å². The summed E-state index contributed by atoms with van der Waals surface area (Å²) >= 11 is 0. The van der Waals surface area contributed by atoms with E-state index in [1.807, 2.05) is 25.1 Å². The Morgan fingerprint density at radius 2 is 2.38 bits per heavy atom. The molecule has 16 heavy (non-hydrogen) atoms. The molecule has 0 saturated carbocycles. The highest BCUT2D eigenvalue weighted by atomic mass is 16.1. The summed E-state index contributed by atoms with van der Waals surface area (Å²) in [6, 6.07) is 7.50. The molecule has 0 aliphatic rings. The molecule has 1 heterocycles. The van der Waals surface area contributed by atoms with Crippen LogP contribution < -0.4 is 5.32 Å². The molecule has 82 valence electrons. The first-order valence-electron chi connectivity index (χ1n) is 5.08. The first-order valence-corrected chi connectivity index (χ1v) is 5.08. The summed E-state index contributed by atoms with van der Waals surface area (Å²) < 4.78 is 0. The van der Waals surface area contributed by atoms with Crippen LogP contribution in [0.5, 0.6) is 0 Å². The summed E-state index contributed by atoms with van der Waals surface area (Å²) in [5.74, 6) is -0.0710. The lowest BCUT2D eigenvalue weighted by Gasteiger charge is -2.04. The molecule has 4 heteroatoms. The van der Waals surface area contributed by atoms with Gasteiger partial charge in [-0.2, -0.15) is 0 Å². The summed E-state index contributed by atoms with van der Waals surface area (Å²) in [5.41, 5.74) is 2.65. The van der Waals surface area contributed by atoms with Gasteiger partial charge in [0.1, 0.15) is 0 Å². The highest BCUT2D eigenvalue weighted by Gasteiger charge is 2.04. The third-order valence-corrected chi connectivity index (χ3v) is 2.27. The van der Waals surface area contributed by atoms with E-state index in [1.54, 1.807) is 18.6 Å². The first kappa shape index (κ1) is 10.4. The molecule has 4 nitrogen and oxygen atoms in total. The molecule has 0 fully saturated rings. The van der Waals surface area contributed by atoms with E-state index >= 15 is 0 Å². The van der Waals surface area contributed by atoms with E-state index in [0.29, 0.717) is 12.1 Å². The summed E-state index contributed by atoms with van der Waals surface area (Å²) in [6.07, 6.45) is 3.28. The van der Waals surface area contributed by atoms with Crippen molar-refractivity contribution in [3.8, 4) is 0 Å². The highest BCUT2D eigenvalue weighted by molar-refractivity contribution is 5.94. The van der Waals surface area contributed by atoms with E-state index < -0.39 is 0 Å². The zero-order valence-electron chi connectivity index (χ0n) is 9.03. The topological polar surface area (TPSA) is 57.8 Å². The summed E-state index contributed by atoms with van der Waals surface area (Å²) in [4.78, 5) is 18.6. The number of nitrogens with zero attached hydrogens (tertiary/aromatic N) is 1. The van der Waals surface area contributed by atoms with Crippen molar-refractivity contribution >= 4 is 5.91 Å². The molecule has 1 aromatic heterocycles. The second kappa shape index (κ2) is 4.61. The van der Waals surface area contributed by atoms with Gasteiger partial charge in [0.15, 0.2) is 0 Å². The van der Waals surface area contributed by atoms with Crippen LogP contribution in [0.25, 0.3) is 0 Å². The average molecular weight is 215 g/mol. The normalized spacial score (nSPS) is 10.1. The number of nitrogens with one attached hydrogen (secondary N) is 2. The van der Waals surface area contributed by atoms with Crippen LogP contribution in [0.3, 0.4) is 0 Å². The number of amides is 1. The van der Waals surface area contributed by atoms with Crippen molar-refractivity contribution in [1.29, 1.82) is 0 Å². The van der Waals surface area contributed by atoms with E-state index in [-0.39, 0.29) is 5.91 Å². The minimum absolute atomic E-state index is 0.0710. The Kier molecular flexibility index (Phi) is 3.00. The number of hydrogen-bond acceptors (Lipinski definition) is 2. The molecule has 0 spiro atoms. The molecule has 0 aliphatic heterocycles. The van der Waals surface area contributed by atoms with Gasteiger partial charge < -0.3 is 10.3 Å². The molecule has 0 atom stereocenters. The van der Waals surface area contributed by atoms with Gasteiger partial charge in [0.25, 0.3) is 5.91 Å². The Morgan fingerprint density at radius 3 is 3.06 bits per heavy atom. The van der Waals surface area contributed by atoms with Crippen LogP contribution >= 0.6 is 0 Å². The van der Waals surface area contributed by atoms with Crippen LogP contribution in [0.4, 0.5) is 0 Å². The SMILES string of the molecule is Cc1cccc(C(=O)NCc2cnc[nH]2)c1. The van der Waals surface area contributed by atoms with Gasteiger partial charge in [-0.05, 0) is 19.1 Å². The molecule has 0 aliphatic carbocycles. The van der Waals surface area contributed by atoms with Crippen molar-refractivity contribution in [2.75, 3.05) is 0 Å². The Hall–Kier alpha value is -2.10. The van der Waals surface area contributed by atoms with E-state index in [4.69, 9.17) is 0 Å². The van der Waals surface area contributed by atoms with Gasteiger partial charge in [0.2, 0.25) is 0 Å². The molecule has 2 aromatic rings. The highest BCUT2D eigenvalue weighted by Crippen LogP contribution is 2.03. The number of aromatic amines is 1. The number of carbonyl (C=O) groups is 1. The zero-order chi connectivity index (χ0) is 11.4. The maximum atomic E-state index is 11.7. The van der Waals surface area contributed by atoms with Crippen LogP contribution in [-0.4, -0.2) is 15.9 Å². The van der Waals surface area contributed by atoms with Crippen LogP contribution in [0, 0.1) is 6.92 Å². The Bertz CT molecular complexity index is 477. The van der Waals surface area contributed by atoms with Crippen LogP contribution in [0.2, 0.25) is 0 Å². The lowest BCUT2D eigenvalue weighted by atomic mass is 10.1. The second-order valence-electron chi connectivity index (χ2n) is 3.63. The molecular formula is C12H13N3O. The fourth-order valence-corrected chi connectivity index (χ4v) is 1.45. The van der Waals surface area contributed by atoms with Gasteiger partial charge in [-0.1, -0.05) is 17.7 Å². The molecule has 0 radical (unpaired) electrons. The van der Waals surface area contributed by atoms with Gasteiger partial charge in [0.05, 0.1) is 18.6 Å². The van der Waals surface area contributed by atoms with E-state index in [0.717, 1.165) is 11.3 Å². The number of imidazole rings is 1. The lowest BCUT2D eigenvalue weighted by Crippen LogP contribution is -2.22. The number of rotatable bonds is 3. The van der Waals surface area contributed by atoms with Crippen molar-refractivity contribution < 1.29 is 4.79 Å². The van der Waals surface area contributed by atoms with Gasteiger partial charge in [-0.3, -0.25) is 4.79 Å². The molecular weight excluding hydrogens is 202 g/mol. The van der Waals surface area contributed by atoms with E-state index in [1.165, 1.54) is 0 Å². The molecule has 1 aromatic carbocycles. The van der Waals surface area contributed by atoms with E-state index in [2.05, 4.69) is 15.3 Å². The van der Waals surface area contributed by atoms with Crippen molar-refractivity contribution in [2.45, 2.75) is 13.5 Å². The van der Waals surface area contributed by atoms with Gasteiger partial charge in [-0.15, -0.1) is 0 Å². The number of H-pyrrole nitrogens is 1. The Labute approximate surface area is 93.7 Å². The lowest BCUT2D eigenvalue weighted by molar-refractivity contribution is 0.0950. The van der Waals surface area contributed by atoms with E-state index in [9.17, 15) is 4.79 Å². The van der Waals surface area contributed by atoms with Crippen molar-refractivity contribution in [2.24, 2.45) is 0 Å². The minimum Gasteiger partial charge on any atom is -0.347 e. The molecule has 0 unspecified atom stereocenters. The third kappa shape index (κ3) is 2.48. The summed E-state index contributed by atoms with van der Waals surface area (Å²) in [7, 11) is 0. The van der Waals surface area contributed by atoms with Crippen molar-refractivity contribution in [3.63, 3.8) is 0 Å². The van der Waals surface area contributed by atoms with Gasteiger partial charge in [-0.25, -0.2) is 4.98 Å². The maximum Gasteiger partial charge on any atom is 0.251 e. The number of aryl methyl sites for hydroxylation is 1. The standard InChI is InChI=1S/C12H13N3O/c1-9-3-2-4-10(5-9)12(16)14-7-11-6-13-8-15-11/h2-6,8H,7H2,1H3,(H,13,15)(H,14,16). The number of carbonyl (C=O) groups excluding carboxylic acids is 1. The summed E-state index contributed by atoms with van der Waals surface area (Å²) in [5, 5.41) is 2.82. The molecule has 2 N–H and O–H groups in total. The summed E-state index contributed by atoms with van der Waals surface area (Å²) in [6.45, 7) is 2.43. The van der Waals surface area contributed by atoms with Crippen LogP contribution in [0.15, 0.2) is 36.8 Å².